The van der Waals surface area contributed by atoms with Crippen molar-refractivity contribution < 1.29 is 31.3 Å². The normalized spacial score (nSPS) is 16.4. The van der Waals surface area contributed by atoms with Gasteiger partial charge in [0.05, 0.1) is 6.61 Å². The highest BCUT2D eigenvalue weighted by Gasteiger charge is 2.42. The van der Waals surface area contributed by atoms with Crippen LogP contribution in [0.25, 0.3) is 0 Å². The largest absolute Gasteiger partial charge is 0.450 e. The number of hydrogen-bond donors (Lipinski definition) is 2. The first-order valence-electron chi connectivity index (χ1n) is 9.50. The third-order valence-corrected chi connectivity index (χ3v) is 5.61. The number of carbonyl (C=O) groups is 1. The van der Waals surface area contributed by atoms with Crippen LogP contribution in [0.1, 0.15) is 83.5 Å². The first kappa shape index (κ1) is 23.1. The quantitative estimate of drug-likeness (QED) is 0.368. The van der Waals surface area contributed by atoms with Gasteiger partial charge in [0.15, 0.2) is 0 Å². The van der Waals surface area contributed by atoms with Gasteiger partial charge in [0.1, 0.15) is 0 Å². The van der Waals surface area contributed by atoms with E-state index in [1.807, 2.05) is 0 Å². The van der Waals surface area contributed by atoms with Crippen molar-refractivity contribution in [1.82, 2.24) is 5.32 Å². The van der Waals surface area contributed by atoms with Crippen molar-refractivity contribution in [2.45, 2.75) is 94.8 Å². The first-order valence-corrected chi connectivity index (χ1v) is 10.9. The second kappa shape index (κ2) is 11.7. The van der Waals surface area contributed by atoms with Crippen molar-refractivity contribution in [3.8, 4) is 0 Å². The molecule has 9 heteroatoms. The molecule has 0 atom stereocenters. The summed E-state index contributed by atoms with van der Waals surface area (Å²) in [4.78, 5) is 11.6. The van der Waals surface area contributed by atoms with Crippen molar-refractivity contribution in [2.75, 3.05) is 6.61 Å². The summed E-state index contributed by atoms with van der Waals surface area (Å²) in [5.74, 6) is 0. The minimum atomic E-state index is -5.31. The van der Waals surface area contributed by atoms with E-state index in [1.165, 1.54) is 6.42 Å². The monoisotopic (exact) mass is 399 g/mol. The molecule has 1 amide bonds. The molecule has 0 aromatic heterocycles. The van der Waals surface area contributed by atoms with Gasteiger partial charge in [0.25, 0.3) is 0 Å². The number of alkyl halides is 2. The Morgan fingerprint density at radius 3 is 2.12 bits per heavy atom. The highest BCUT2D eigenvalue weighted by Crippen LogP contribution is 2.27. The lowest BCUT2D eigenvalue weighted by Gasteiger charge is -2.22. The molecule has 1 rings (SSSR count). The number of rotatable bonds is 12. The van der Waals surface area contributed by atoms with Crippen LogP contribution in [0.3, 0.4) is 0 Å². The third kappa shape index (κ3) is 9.66. The number of ether oxygens (including phenoxy) is 1. The fourth-order valence-electron chi connectivity index (χ4n) is 3.07. The van der Waals surface area contributed by atoms with Crippen LogP contribution in [0.2, 0.25) is 0 Å². The zero-order valence-corrected chi connectivity index (χ0v) is 16.0. The molecule has 0 aliphatic heterocycles. The highest BCUT2D eigenvalue weighted by atomic mass is 32.2. The summed E-state index contributed by atoms with van der Waals surface area (Å²) in [5, 5.41) is -1.17. The molecule has 2 N–H and O–H groups in total. The molecular formula is C17H31F2NO5S. The van der Waals surface area contributed by atoms with Crippen LogP contribution in [0.5, 0.6) is 0 Å². The second-order valence-corrected chi connectivity index (χ2v) is 8.50. The van der Waals surface area contributed by atoms with E-state index in [9.17, 15) is 22.0 Å². The second-order valence-electron chi connectivity index (χ2n) is 6.95. The summed E-state index contributed by atoms with van der Waals surface area (Å²) in [6.45, 7) is 0.374. The number of carbonyl (C=O) groups excluding carboxylic acids is 1. The van der Waals surface area contributed by atoms with E-state index in [0.29, 0.717) is 13.0 Å². The molecule has 0 radical (unpaired) electrons. The van der Waals surface area contributed by atoms with Gasteiger partial charge in [0, 0.05) is 12.5 Å². The molecule has 0 saturated heterocycles. The van der Waals surface area contributed by atoms with Crippen LogP contribution >= 0.6 is 0 Å². The topological polar surface area (TPSA) is 92.7 Å². The van der Waals surface area contributed by atoms with Crippen molar-refractivity contribution in [3.63, 3.8) is 0 Å². The Balaban J connectivity index is 1.91. The molecule has 6 nitrogen and oxygen atoms in total. The van der Waals surface area contributed by atoms with E-state index in [2.05, 4.69) is 5.32 Å². The van der Waals surface area contributed by atoms with Crippen LogP contribution in [0.15, 0.2) is 0 Å². The van der Waals surface area contributed by atoms with Crippen molar-refractivity contribution in [2.24, 2.45) is 0 Å². The molecule has 1 fully saturated rings. The van der Waals surface area contributed by atoms with Gasteiger partial charge in [-0.2, -0.15) is 17.2 Å². The van der Waals surface area contributed by atoms with Gasteiger partial charge in [-0.05, 0) is 25.7 Å². The smallest absolute Gasteiger partial charge is 0.407 e. The first-order chi connectivity index (χ1) is 12.2. The minimum Gasteiger partial charge on any atom is -0.450 e. The van der Waals surface area contributed by atoms with Crippen LogP contribution in [-0.2, 0) is 14.9 Å². The maximum Gasteiger partial charge on any atom is 0.407 e. The van der Waals surface area contributed by atoms with Crippen molar-refractivity contribution >= 4 is 16.2 Å². The Hall–Kier alpha value is -0.960. The molecule has 1 aliphatic rings. The number of nitrogens with one attached hydrogen (secondary N) is 1. The summed E-state index contributed by atoms with van der Waals surface area (Å²) in [6, 6.07) is 0.240. The summed E-state index contributed by atoms with van der Waals surface area (Å²) >= 11 is 0. The Kier molecular flexibility index (Phi) is 10.4. The van der Waals surface area contributed by atoms with E-state index in [1.54, 1.807) is 0 Å². The summed E-state index contributed by atoms with van der Waals surface area (Å²) in [7, 11) is -5.31. The summed E-state index contributed by atoms with van der Waals surface area (Å²) in [6.07, 6.45) is 9.05. The molecular weight excluding hydrogens is 368 g/mol. The lowest BCUT2D eigenvalue weighted by molar-refractivity contribution is 0.0683. The van der Waals surface area contributed by atoms with Gasteiger partial charge in [-0.25, -0.2) is 4.79 Å². The average molecular weight is 400 g/mol. The van der Waals surface area contributed by atoms with Crippen molar-refractivity contribution in [3.05, 3.63) is 0 Å². The minimum absolute atomic E-state index is 0.0528. The van der Waals surface area contributed by atoms with Crippen LogP contribution in [0, 0.1) is 0 Å². The number of hydrogen-bond acceptors (Lipinski definition) is 4. The van der Waals surface area contributed by atoms with Crippen LogP contribution in [0.4, 0.5) is 13.6 Å². The predicted molar refractivity (Wildman–Crippen MR) is 94.8 cm³/mol. The van der Waals surface area contributed by atoms with E-state index in [0.717, 1.165) is 57.8 Å². The van der Waals surface area contributed by atoms with E-state index < -0.39 is 21.8 Å². The molecule has 0 spiro atoms. The number of unbranched alkanes of at least 4 members (excludes halogenated alkanes) is 6. The Morgan fingerprint density at radius 1 is 1.00 bits per heavy atom. The van der Waals surface area contributed by atoms with E-state index >= 15 is 0 Å². The van der Waals surface area contributed by atoms with Gasteiger partial charge < -0.3 is 10.1 Å². The molecule has 1 aliphatic carbocycles. The maximum atomic E-state index is 13.0. The Morgan fingerprint density at radius 2 is 1.54 bits per heavy atom. The lowest BCUT2D eigenvalue weighted by atomic mass is 9.96. The summed E-state index contributed by atoms with van der Waals surface area (Å²) < 4.78 is 60.4. The molecule has 0 aromatic rings. The Bertz CT molecular complexity index is 507. The van der Waals surface area contributed by atoms with Crippen LogP contribution in [-0.4, -0.2) is 37.0 Å². The standard InChI is InChI=1S/C17H31F2NO5S/c18-17(19,26(22,23)24)13-9-4-2-1-3-5-10-14-25-16(21)20-15-11-7-6-8-12-15/h15H,1-14H2,(H,20,21)(H,22,23,24). The molecule has 0 heterocycles. The molecule has 0 aromatic carbocycles. The zero-order valence-electron chi connectivity index (χ0n) is 15.2. The van der Waals surface area contributed by atoms with Gasteiger partial charge in [-0.15, -0.1) is 0 Å². The maximum absolute atomic E-state index is 13.0. The van der Waals surface area contributed by atoms with Crippen molar-refractivity contribution in [1.29, 1.82) is 0 Å². The molecule has 26 heavy (non-hydrogen) atoms. The fraction of sp³-hybridized carbons (Fsp3) is 0.941. The number of alkyl carbamates (subject to hydrolysis) is 1. The van der Waals surface area contributed by atoms with Crippen LogP contribution < -0.4 is 5.32 Å². The molecule has 0 bridgehead atoms. The lowest BCUT2D eigenvalue weighted by Crippen LogP contribution is -2.36. The van der Waals surface area contributed by atoms with E-state index in [-0.39, 0.29) is 18.6 Å². The molecule has 154 valence electrons. The summed E-state index contributed by atoms with van der Waals surface area (Å²) in [5.41, 5.74) is 0. The molecule has 0 unspecified atom stereocenters. The van der Waals surface area contributed by atoms with Gasteiger partial charge in [0.2, 0.25) is 0 Å². The number of halogens is 2. The van der Waals surface area contributed by atoms with Gasteiger partial charge >= 0.3 is 21.5 Å². The molecule has 1 saturated carbocycles. The SMILES string of the molecule is O=C(NC1CCCCC1)OCCCCCCCCCC(F)(F)S(=O)(=O)O. The average Bonchev–Trinajstić information content (AvgIpc) is 2.56. The Labute approximate surface area is 154 Å². The number of amides is 1. The van der Waals surface area contributed by atoms with E-state index in [4.69, 9.17) is 9.29 Å². The highest BCUT2D eigenvalue weighted by molar-refractivity contribution is 7.86. The van der Waals surface area contributed by atoms with Gasteiger partial charge in [-0.1, -0.05) is 51.4 Å². The zero-order chi connectivity index (χ0) is 19.5. The predicted octanol–water partition coefficient (Wildman–Crippen LogP) is 4.65. The fourth-order valence-corrected chi connectivity index (χ4v) is 3.47. The van der Waals surface area contributed by atoms with Gasteiger partial charge in [-0.3, -0.25) is 4.55 Å². The third-order valence-electron chi connectivity index (χ3n) is 4.65.